The van der Waals surface area contributed by atoms with Crippen LogP contribution in [-0.2, 0) is 0 Å². The summed E-state index contributed by atoms with van der Waals surface area (Å²) in [4.78, 5) is 0.923. The van der Waals surface area contributed by atoms with E-state index in [4.69, 9.17) is 0 Å². The molecule has 1 fully saturated rings. The highest BCUT2D eigenvalue weighted by Crippen LogP contribution is 2.78. The molecule has 0 radical (unpaired) electrons. The van der Waals surface area contributed by atoms with Crippen LogP contribution in [0, 0.1) is 0 Å². The van der Waals surface area contributed by atoms with E-state index in [1.807, 2.05) is 0 Å². The Hall–Kier alpha value is -3.76. The van der Waals surface area contributed by atoms with Crippen molar-refractivity contribution < 1.29 is 36.6 Å². The monoisotopic (exact) mass is 652 g/mol. The molecule has 4 aromatic carbocycles. The van der Waals surface area contributed by atoms with Crippen LogP contribution >= 0.6 is 23.5 Å². The maximum atomic E-state index is 15.9. The lowest BCUT2D eigenvalue weighted by Gasteiger charge is -2.47. The number of hydrogen-bond acceptors (Lipinski definition) is 4. The van der Waals surface area contributed by atoms with Gasteiger partial charge >= 0.3 is 17.8 Å². The van der Waals surface area contributed by atoms with Crippen molar-refractivity contribution in [2.75, 3.05) is 0 Å². The third-order valence-corrected chi connectivity index (χ3v) is 12.9. The number of fused-ring (bicyclic) bond motifs is 8. The minimum Gasteiger partial charge on any atom is -0.507 e. The zero-order chi connectivity index (χ0) is 31.9. The fourth-order valence-corrected chi connectivity index (χ4v) is 10.5. The Morgan fingerprint density at radius 2 is 0.867 bits per heavy atom. The maximum Gasteiger partial charge on any atom is 0.380 e. The van der Waals surface area contributed by atoms with Gasteiger partial charge in [-0.15, -0.1) is 23.5 Å². The standard InChI is InChI=1S/C35H22F6O2S2/c1-31-27(21-13-11-17(15-25(21)44-31)19-7-3-5-9-23(19)42)29-30(34(38,39)35(40,41)33(29,36)37)28-22-14-12-18(16-26(22)45-32(28,31)2)20-8-4-6-10-24(20)43/h3-16,42-43H,1-2H3/t31-,32-/m1/s1. The average Bonchev–Trinajstić information content (AvgIpc) is 3.50. The van der Waals surface area contributed by atoms with Gasteiger partial charge in [-0.3, -0.25) is 0 Å². The summed E-state index contributed by atoms with van der Waals surface area (Å²) in [5, 5.41) is 20.9. The van der Waals surface area contributed by atoms with Gasteiger partial charge in [-0.1, -0.05) is 60.7 Å². The number of thioether (sulfide) groups is 2. The molecule has 0 saturated heterocycles. The van der Waals surface area contributed by atoms with E-state index < -0.39 is 38.4 Å². The molecule has 0 bridgehead atoms. The highest BCUT2D eigenvalue weighted by Gasteiger charge is 2.84. The molecule has 2 N–H and O–H groups in total. The first-order valence-electron chi connectivity index (χ1n) is 14.0. The number of halogens is 6. The lowest BCUT2D eigenvalue weighted by molar-refractivity contribution is -0.257. The zero-order valence-corrected chi connectivity index (χ0v) is 25.2. The molecule has 4 aromatic rings. The van der Waals surface area contributed by atoms with Gasteiger partial charge in [0, 0.05) is 32.1 Å². The number of benzene rings is 4. The van der Waals surface area contributed by atoms with Gasteiger partial charge in [-0.25, -0.2) is 0 Å². The smallest absolute Gasteiger partial charge is 0.380 e. The van der Waals surface area contributed by atoms with E-state index in [1.165, 1.54) is 47.8 Å². The molecule has 2 atom stereocenters. The van der Waals surface area contributed by atoms with Gasteiger partial charge in [0.2, 0.25) is 0 Å². The Morgan fingerprint density at radius 3 is 1.24 bits per heavy atom. The lowest BCUT2D eigenvalue weighted by Crippen LogP contribution is -2.47. The Bertz CT molecular complexity index is 1920. The first-order chi connectivity index (χ1) is 21.1. The van der Waals surface area contributed by atoms with Crippen LogP contribution in [0.25, 0.3) is 33.4 Å². The summed E-state index contributed by atoms with van der Waals surface area (Å²) in [6.07, 6.45) is 0. The number of rotatable bonds is 2. The molecule has 1 saturated carbocycles. The Labute approximate surface area is 262 Å². The minimum atomic E-state index is -5.66. The fraction of sp³-hybridized carbons (Fsp3) is 0.200. The third-order valence-electron chi connectivity index (χ3n) is 9.59. The molecule has 0 aromatic heterocycles. The van der Waals surface area contributed by atoms with E-state index in [9.17, 15) is 10.2 Å². The molecule has 10 heteroatoms. The molecule has 45 heavy (non-hydrogen) atoms. The normalized spacial score (nSPS) is 26.3. The first kappa shape index (κ1) is 28.7. The molecular formula is C35H22F6O2S2. The molecule has 0 unspecified atom stereocenters. The highest BCUT2D eigenvalue weighted by atomic mass is 32.2. The van der Waals surface area contributed by atoms with Crippen LogP contribution in [0.5, 0.6) is 11.5 Å². The van der Waals surface area contributed by atoms with Crippen LogP contribution in [0.2, 0.25) is 0 Å². The molecule has 2 nitrogen and oxygen atoms in total. The first-order valence-corrected chi connectivity index (χ1v) is 15.7. The topological polar surface area (TPSA) is 40.5 Å². The van der Waals surface area contributed by atoms with Crippen molar-refractivity contribution in [1.82, 2.24) is 0 Å². The number of phenols is 2. The van der Waals surface area contributed by atoms with E-state index in [2.05, 4.69) is 0 Å². The Balaban J connectivity index is 1.42. The SMILES string of the molecule is C[C@@]12Sc3cc(-c4ccccc4O)ccc3C1=C1C(=C3c4ccc(-c5ccccc5O)cc4S[C@]32C)C(F)(F)C(F)(F)C1(F)F. The number of para-hydroxylation sites is 2. The van der Waals surface area contributed by atoms with Crippen LogP contribution in [0.3, 0.4) is 0 Å². The molecule has 0 spiro atoms. The number of alkyl halides is 6. The summed E-state index contributed by atoms with van der Waals surface area (Å²) in [6.45, 7) is 3.31. The third kappa shape index (κ3) is 3.31. The number of hydrogen-bond donors (Lipinski definition) is 2. The predicted molar refractivity (Wildman–Crippen MR) is 164 cm³/mol. The van der Waals surface area contributed by atoms with Crippen LogP contribution < -0.4 is 0 Å². The van der Waals surface area contributed by atoms with Crippen molar-refractivity contribution in [3.05, 3.63) is 107 Å². The van der Waals surface area contributed by atoms with Crippen molar-refractivity contribution in [3.8, 4) is 33.8 Å². The number of aromatic hydroxyl groups is 2. The van der Waals surface area contributed by atoms with E-state index >= 15 is 26.3 Å². The van der Waals surface area contributed by atoms with Crippen molar-refractivity contribution in [2.24, 2.45) is 0 Å². The van der Waals surface area contributed by atoms with Gasteiger partial charge < -0.3 is 10.2 Å². The second-order valence-corrected chi connectivity index (χ2v) is 14.9. The average molecular weight is 653 g/mol. The van der Waals surface area contributed by atoms with Crippen molar-refractivity contribution >= 4 is 34.7 Å². The summed E-state index contributed by atoms with van der Waals surface area (Å²) in [5.41, 5.74) is -0.613. The predicted octanol–water partition coefficient (Wildman–Crippen LogP) is 10.3. The van der Waals surface area contributed by atoms with E-state index in [0.29, 0.717) is 32.0 Å². The van der Waals surface area contributed by atoms with Crippen molar-refractivity contribution in [3.63, 3.8) is 0 Å². The Morgan fingerprint density at radius 1 is 0.489 bits per heavy atom. The van der Waals surface area contributed by atoms with Crippen LogP contribution in [0.1, 0.15) is 25.0 Å². The molecule has 0 amide bonds. The highest BCUT2D eigenvalue weighted by molar-refractivity contribution is 8.06. The minimum absolute atomic E-state index is 0.00651. The molecule has 2 heterocycles. The molecule has 2 aliphatic carbocycles. The Kier molecular flexibility index (Phi) is 5.57. The molecule has 228 valence electrons. The fourth-order valence-electron chi connectivity index (χ4n) is 7.26. The number of phenolic OH excluding ortho intramolecular Hbond substituents is 2. The molecular weight excluding hydrogens is 631 g/mol. The largest absolute Gasteiger partial charge is 0.507 e. The van der Waals surface area contributed by atoms with Gasteiger partial charge in [0.1, 0.15) is 11.5 Å². The van der Waals surface area contributed by atoms with Crippen molar-refractivity contribution in [2.45, 2.75) is 50.9 Å². The summed E-state index contributed by atoms with van der Waals surface area (Å²) < 4.78 is 91.7. The van der Waals surface area contributed by atoms with Crippen LogP contribution in [0.4, 0.5) is 26.3 Å². The summed E-state index contributed by atoms with van der Waals surface area (Å²) in [6, 6.07) is 22.6. The van der Waals surface area contributed by atoms with Gasteiger partial charge in [0.05, 0.1) is 9.49 Å². The van der Waals surface area contributed by atoms with Gasteiger partial charge in [-0.05, 0) is 71.5 Å². The second-order valence-electron chi connectivity index (χ2n) is 11.9. The summed E-state index contributed by atoms with van der Waals surface area (Å²) >= 11 is 2.36. The van der Waals surface area contributed by atoms with E-state index in [-0.39, 0.29) is 33.8 Å². The summed E-state index contributed by atoms with van der Waals surface area (Å²) in [5.74, 6) is -16.0. The van der Waals surface area contributed by atoms with E-state index in [0.717, 1.165) is 0 Å². The summed E-state index contributed by atoms with van der Waals surface area (Å²) in [7, 11) is 0. The lowest BCUT2D eigenvalue weighted by atomic mass is 9.68. The molecule has 4 aliphatic rings. The van der Waals surface area contributed by atoms with E-state index in [1.54, 1.807) is 74.5 Å². The van der Waals surface area contributed by atoms with Crippen LogP contribution in [0.15, 0.2) is 106 Å². The molecule has 8 rings (SSSR count). The van der Waals surface area contributed by atoms with Crippen LogP contribution in [-0.4, -0.2) is 37.5 Å². The maximum absolute atomic E-state index is 15.9. The molecule has 2 aliphatic heterocycles. The van der Waals surface area contributed by atoms with Gasteiger partial charge in [-0.2, -0.15) is 26.3 Å². The zero-order valence-electron chi connectivity index (χ0n) is 23.6. The van der Waals surface area contributed by atoms with Gasteiger partial charge in [0.15, 0.2) is 0 Å². The van der Waals surface area contributed by atoms with Crippen molar-refractivity contribution in [1.29, 1.82) is 0 Å². The second kappa shape index (κ2) is 8.73. The quantitative estimate of drug-likeness (QED) is 0.212. The van der Waals surface area contributed by atoms with Gasteiger partial charge in [0.25, 0.3) is 0 Å². The number of allylic oxidation sites excluding steroid dienone is 2.